The van der Waals surface area contributed by atoms with Crippen LogP contribution < -0.4 is 0 Å². The van der Waals surface area contributed by atoms with Gasteiger partial charge in [-0.3, -0.25) is 0 Å². The average molecular weight is 249 g/mol. The molecule has 2 aromatic rings. The molecular weight excluding hydrogens is 230 g/mol. The minimum Gasteiger partial charge on any atom is -0.197 e. The van der Waals surface area contributed by atoms with E-state index in [0.29, 0.717) is 0 Å². The molecule has 0 radical (unpaired) electrons. The largest absolute Gasteiger partial charge is 0.197 e. The lowest BCUT2D eigenvalue weighted by molar-refractivity contribution is 0.606. The van der Waals surface area contributed by atoms with Crippen molar-refractivity contribution in [2.45, 2.75) is 32.6 Å². The molecule has 19 heavy (non-hydrogen) atoms. The van der Waals surface area contributed by atoms with Crippen LogP contribution in [0.4, 0.5) is 0 Å². The van der Waals surface area contributed by atoms with Gasteiger partial charge < -0.3 is 0 Å². The lowest BCUT2D eigenvalue weighted by Crippen LogP contribution is -2.23. The van der Waals surface area contributed by atoms with E-state index in [2.05, 4.69) is 50.2 Å². The molecule has 1 nitrogen and oxygen atoms in total. The first-order valence-corrected chi connectivity index (χ1v) is 6.58. The van der Waals surface area contributed by atoms with E-state index in [9.17, 15) is 5.26 Å². The summed E-state index contributed by atoms with van der Waals surface area (Å²) in [5.74, 6) is 0. The Kier molecular flexibility index (Phi) is 3.71. The molecule has 0 saturated carbocycles. The Morgan fingerprint density at radius 1 is 1.00 bits per heavy atom. The lowest BCUT2D eigenvalue weighted by Gasteiger charge is -2.23. The van der Waals surface area contributed by atoms with Crippen molar-refractivity contribution in [2.75, 3.05) is 0 Å². The van der Waals surface area contributed by atoms with E-state index in [4.69, 9.17) is 0 Å². The standard InChI is InChI=1S/C18H19N/c1-14-9-10-17(11-15(14)2)18(3,13-19)12-16-7-5-4-6-8-16/h4-11H,12H2,1-3H3. The molecule has 2 rings (SSSR count). The quantitative estimate of drug-likeness (QED) is 0.794. The molecule has 0 heterocycles. The maximum Gasteiger partial charge on any atom is 0.0834 e. The normalized spacial score (nSPS) is 13.6. The molecule has 96 valence electrons. The van der Waals surface area contributed by atoms with Crippen LogP contribution in [0.25, 0.3) is 0 Å². The highest BCUT2D eigenvalue weighted by Crippen LogP contribution is 2.29. The van der Waals surface area contributed by atoms with E-state index in [1.165, 1.54) is 16.7 Å². The maximum absolute atomic E-state index is 9.61. The Morgan fingerprint density at radius 3 is 2.26 bits per heavy atom. The molecule has 0 amide bonds. The Hall–Kier alpha value is -2.07. The lowest BCUT2D eigenvalue weighted by atomic mass is 9.78. The van der Waals surface area contributed by atoms with Gasteiger partial charge in [-0.15, -0.1) is 0 Å². The highest BCUT2D eigenvalue weighted by molar-refractivity contribution is 5.39. The summed E-state index contributed by atoms with van der Waals surface area (Å²) in [5.41, 5.74) is 4.34. The van der Waals surface area contributed by atoms with E-state index in [1.807, 2.05) is 25.1 Å². The smallest absolute Gasteiger partial charge is 0.0834 e. The van der Waals surface area contributed by atoms with Crippen LogP contribution in [0.3, 0.4) is 0 Å². The summed E-state index contributed by atoms with van der Waals surface area (Å²) in [7, 11) is 0. The van der Waals surface area contributed by atoms with Gasteiger partial charge in [-0.05, 0) is 49.4 Å². The highest BCUT2D eigenvalue weighted by Gasteiger charge is 2.27. The molecule has 0 aliphatic carbocycles. The zero-order valence-electron chi connectivity index (χ0n) is 11.8. The number of hydrogen-bond donors (Lipinski definition) is 0. The monoisotopic (exact) mass is 249 g/mol. The van der Waals surface area contributed by atoms with Crippen molar-refractivity contribution in [1.82, 2.24) is 0 Å². The average Bonchev–Trinajstić information content (AvgIpc) is 2.43. The van der Waals surface area contributed by atoms with E-state index in [0.717, 1.165) is 12.0 Å². The number of nitrogens with zero attached hydrogens (tertiary/aromatic N) is 1. The summed E-state index contributed by atoms with van der Waals surface area (Å²) in [6, 6.07) is 19.0. The fraction of sp³-hybridized carbons (Fsp3) is 0.278. The second-order valence-corrected chi connectivity index (χ2v) is 5.41. The van der Waals surface area contributed by atoms with E-state index < -0.39 is 5.41 Å². The minimum atomic E-state index is -0.472. The fourth-order valence-corrected chi connectivity index (χ4v) is 2.29. The van der Waals surface area contributed by atoms with Crippen LogP contribution >= 0.6 is 0 Å². The van der Waals surface area contributed by atoms with Gasteiger partial charge in [0.1, 0.15) is 0 Å². The number of aryl methyl sites for hydroxylation is 2. The van der Waals surface area contributed by atoms with E-state index >= 15 is 0 Å². The van der Waals surface area contributed by atoms with Crippen LogP contribution in [-0.4, -0.2) is 0 Å². The molecule has 0 saturated heterocycles. The van der Waals surface area contributed by atoms with Crippen molar-refractivity contribution in [3.8, 4) is 6.07 Å². The van der Waals surface area contributed by atoms with Crippen molar-refractivity contribution in [2.24, 2.45) is 0 Å². The van der Waals surface area contributed by atoms with Gasteiger partial charge in [-0.2, -0.15) is 5.26 Å². The van der Waals surface area contributed by atoms with Crippen molar-refractivity contribution < 1.29 is 0 Å². The Morgan fingerprint density at radius 2 is 1.68 bits per heavy atom. The van der Waals surface area contributed by atoms with Crippen molar-refractivity contribution in [3.05, 3.63) is 70.8 Å². The molecule has 1 atom stereocenters. The summed E-state index contributed by atoms with van der Waals surface area (Å²) in [4.78, 5) is 0. The molecule has 0 N–H and O–H groups in total. The molecule has 0 bridgehead atoms. The molecule has 1 unspecified atom stereocenters. The van der Waals surface area contributed by atoms with Gasteiger partial charge in [-0.25, -0.2) is 0 Å². The third-order valence-corrected chi connectivity index (χ3v) is 3.79. The number of rotatable bonds is 3. The van der Waals surface area contributed by atoms with Crippen LogP contribution in [0.5, 0.6) is 0 Å². The first kappa shape index (κ1) is 13.4. The summed E-state index contributed by atoms with van der Waals surface area (Å²) in [5, 5.41) is 9.61. The Bertz CT molecular complexity index is 607. The maximum atomic E-state index is 9.61. The summed E-state index contributed by atoms with van der Waals surface area (Å²) in [6.07, 6.45) is 0.743. The first-order valence-electron chi connectivity index (χ1n) is 6.58. The molecule has 0 aliphatic heterocycles. The van der Waals surface area contributed by atoms with Gasteiger partial charge in [-0.1, -0.05) is 48.5 Å². The molecule has 0 fully saturated rings. The number of benzene rings is 2. The zero-order valence-corrected chi connectivity index (χ0v) is 11.8. The molecule has 2 aromatic carbocycles. The van der Waals surface area contributed by atoms with E-state index in [-0.39, 0.29) is 0 Å². The minimum absolute atomic E-state index is 0.472. The van der Waals surface area contributed by atoms with Gasteiger partial charge in [0, 0.05) is 0 Å². The number of hydrogen-bond acceptors (Lipinski definition) is 1. The predicted molar refractivity (Wildman–Crippen MR) is 79.0 cm³/mol. The van der Waals surface area contributed by atoms with Gasteiger partial charge in [0.25, 0.3) is 0 Å². The van der Waals surface area contributed by atoms with Gasteiger partial charge in [0.05, 0.1) is 11.5 Å². The van der Waals surface area contributed by atoms with Crippen LogP contribution in [0.15, 0.2) is 48.5 Å². The highest BCUT2D eigenvalue weighted by atomic mass is 14.4. The third-order valence-electron chi connectivity index (χ3n) is 3.79. The van der Waals surface area contributed by atoms with Crippen LogP contribution in [0, 0.1) is 25.2 Å². The SMILES string of the molecule is Cc1ccc(C(C)(C#N)Cc2ccccc2)cc1C. The zero-order chi connectivity index (χ0) is 13.9. The van der Waals surface area contributed by atoms with Gasteiger partial charge >= 0.3 is 0 Å². The van der Waals surface area contributed by atoms with Crippen molar-refractivity contribution >= 4 is 0 Å². The predicted octanol–water partition coefficient (Wildman–Crippen LogP) is 4.33. The molecule has 0 aliphatic rings. The van der Waals surface area contributed by atoms with Gasteiger partial charge in [0.2, 0.25) is 0 Å². The van der Waals surface area contributed by atoms with Crippen LogP contribution in [-0.2, 0) is 11.8 Å². The van der Waals surface area contributed by atoms with Crippen molar-refractivity contribution in [1.29, 1.82) is 5.26 Å². The van der Waals surface area contributed by atoms with Crippen LogP contribution in [0.2, 0.25) is 0 Å². The Labute approximate surface area is 115 Å². The third kappa shape index (κ3) is 2.85. The molecule has 0 aromatic heterocycles. The summed E-state index contributed by atoms with van der Waals surface area (Å²) >= 11 is 0. The first-order chi connectivity index (χ1) is 9.05. The van der Waals surface area contributed by atoms with Crippen LogP contribution in [0.1, 0.15) is 29.2 Å². The summed E-state index contributed by atoms with van der Waals surface area (Å²) in [6.45, 7) is 6.21. The topological polar surface area (TPSA) is 23.8 Å². The van der Waals surface area contributed by atoms with Gasteiger partial charge in [0.15, 0.2) is 0 Å². The fourth-order valence-electron chi connectivity index (χ4n) is 2.29. The molecule has 0 spiro atoms. The second-order valence-electron chi connectivity index (χ2n) is 5.41. The summed E-state index contributed by atoms with van der Waals surface area (Å²) < 4.78 is 0. The van der Waals surface area contributed by atoms with Crippen molar-refractivity contribution in [3.63, 3.8) is 0 Å². The Balaban J connectivity index is 2.37. The van der Waals surface area contributed by atoms with E-state index in [1.54, 1.807) is 0 Å². The number of nitriles is 1. The molecular formula is C18H19N. The second kappa shape index (κ2) is 5.28. The molecule has 1 heteroatoms.